The van der Waals surface area contributed by atoms with Crippen LogP contribution in [0.4, 0.5) is 5.69 Å². The quantitative estimate of drug-likeness (QED) is 0.621. The number of rotatable bonds is 5. The predicted octanol–water partition coefficient (Wildman–Crippen LogP) is 4.50. The van der Waals surface area contributed by atoms with E-state index in [1.165, 1.54) is 0 Å². The Morgan fingerprint density at radius 3 is 2.64 bits per heavy atom. The van der Waals surface area contributed by atoms with E-state index in [2.05, 4.69) is 17.2 Å². The third-order valence-electron chi connectivity index (χ3n) is 5.22. The van der Waals surface area contributed by atoms with E-state index in [9.17, 15) is 10.1 Å². The Morgan fingerprint density at radius 2 is 2.04 bits per heavy atom. The van der Waals surface area contributed by atoms with Gasteiger partial charge in [0, 0.05) is 36.7 Å². The number of hydrogen-bond donors (Lipinski definition) is 0. The van der Waals surface area contributed by atoms with Crippen LogP contribution < -0.4 is 9.64 Å². The monoisotopic (exact) mass is 371 g/mol. The maximum absolute atomic E-state index is 12.0. The first kappa shape index (κ1) is 17.9. The second-order valence-electron chi connectivity index (χ2n) is 6.81. The molecule has 5 heteroatoms. The number of anilines is 1. The standard InChI is InChI=1S/C23H21N3O2/c1-3-12-26-21-14-18(28-2)10-11-19(21)20(15-24)23(26)16-6-8-17(9-7-16)25-13-4-5-22(25)27/h3,6-11,14H,1,4-5,12-13H2,2H3. The molecule has 2 aromatic carbocycles. The van der Waals surface area contributed by atoms with Crippen LogP contribution in [0.2, 0.25) is 0 Å². The van der Waals surface area contributed by atoms with E-state index >= 15 is 0 Å². The van der Waals surface area contributed by atoms with E-state index in [-0.39, 0.29) is 5.91 Å². The van der Waals surface area contributed by atoms with Gasteiger partial charge in [-0.25, -0.2) is 0 Å². The van der Waals surface area contributed by atoms with Gasteiger partial charge in [-0.2, -0.15) is 5.26 Å². The summed E-state index contributed by atoms with van der Waals surface area (Å²) in [6.07, 6.45) is 3.32. The highest BCUT2D eigenvalue weighted by Gasteiger charge is 2.23. The Hall–Kier alpha value is -3.52. The zero-order valence-electron chi connectivity index (χ0n) is 15.8. The van der Waals surface area contributed by atoms with Crippen LogP contribution >= 0.6 is 0 Å². The maximum Gasteiger partial charge on any atom is 0.227 e. The van der Waals surface area contributed by atoms with E-state index in [0.717, 1.165) is 46.6 Å². The van der Waals surface area contributed by atoms with Gasteiger partial charge in [0.1, 0.15) is 11.8 Å². The largest absolute Gasteiger partial charge is 0.497 e. The highest BCUT2D eigenvalue weighted by atomic mass is 16.5. The third-order valence-corrected chi connectivity index (χ3v) is 5.22. The van der Waals surface area contributed by atoms with Crippen molar-refractivity contribution in [2.75, 3.05) is 18.6 Å². The molecule has 1 saturated heterocycles. The van der Waals surface area contributed by atoms with Gasteiger partial charge in [0.15, 0.2) is 0 Å². The zero-order valence-corrected chi connectivity index (χ0v) is 15.8. The van der Waals surface area contributed by atoms with Crippen LogP contribution in [-0.2, 0) is 11.3 Å². The summed E-state index contributed by atoms with van der Waals surface area (Å²) in [5.74, 6) is 0.910. The van der Waals surface area contributed by atoms with Gasteiger partial charge >= 0.3 is 0 Å². The number of aromatic nitrogens is 1. The van der Waals surface area contributed by atoms with E-state index in [0.29, 0.717) is 18.5 Å². The average Bonchev–Trinajstić information content (AvgIpc) is 3.29. The lowest BCUT2D eigenvalue weighted by molar-refractivity contribution is -0.117. The first-order valence-corrected chi connectivity index (χ1v) is 9.30. The summed E-state index contributed by atoms with van der Waals surface area (Å²) in [5, 5.41) is 10.8. The molecular weight excluding hydrogens is 350 g/mol. The summed E-state index contributed by atoms with van der Waals surface area (Å²) in [7, 11) is 1.63. The van der Waals surface area contributed by atoms with Crippen LogP contribution in [0.5, 0.6) is 5.75 Å². The number of benzene rings is 2. The number of nitriles is 1. The Balaban J connectivity index is 1.87. The molecule has 1 fully saturated rings. The van der Waals surface area contributed by atoms with Gasteiger partial charge in [-0.1, -0.05) is 18.2 Å². The van der Waals surface area contributed by atoms with Gasteiger partial charge in [0.25, 0.3) is 0 Å². The lowest BCUT2D eigenvalue weighted by Crippen LogP contribution is -2.23. The van der Waals surface area contributed by atoms with Crippen LogP contribution in [0.3, 0.4) is 0 Å². The highest BCUT2D eigenvalue weighted by molar-refractivity contribution is 5.97. The maximum atomic E-state index is 12.0. The van der Waals surface area contributed by atoms with Gasteiger partial charge < -0.3 is 14.2 Å². The molecule has 1 aliphatic heterocycles. The summed E-state index contributed by atoms with van der Waals surface area (Å²) >= 11 is 0. The van der Waals surface area contributed by atoms with E-state index in [4.69, 9.17) is 4.74 Å². The molecule has 0 unspecified atom stereocenters. The summed E-state index contributed by atoms with van der Waals surface area (Å²) in [4.78, 5) is 13.8. The molecule has 3 aromatic rings. The number of fused-ring (bicyclic) bond motifs is 1. The van der Waals surface area contributed by atoms with Crippen molar-refractivity contribution >= 4 is 22.5 Å². The van der Waals surface area contributed by atoms with E-state index in [1.54, 1.807) is 7.11 Å². The molecule has 5 nitrogen and oxygen atoms in total. The molecule has 1 amide bonds. The first-order chi connectivity index (χ1) is 13.7. The van der Waals surface area contributed by atoms with Crippen LogP contribution in [0.15, 0.2) is 55.1 Å². The Labute approximate surface area is 164 Å². The van der Waals surface area contributed by atoms with Gasteiger partial charge in [-0.15, -0.1) is 6.58 Å². The van der Waals surface area contributed by atoms with Crippen LogP contribution in [0, 0.1) is 11.3 Å². The molecule has 0 spiro atoms. The molecule has 0 radical (unpaired) electrons. The lowest BCUT2D eigenvalue weighted by atomic mass is 10.1. The minimum Gasteiger partial charge on any atom is -0.497 e. The number of ether oxygens (including phenoxy) is 1. The fraction of sp³-hybridized carbons (Fsp3) is 0.217. The van der Waals surface area contributed by atoms with Crippen molar-refractivity contribution in [2.24, 2.45) is 0 Å². The molecule has 0 atom stereocenters. The van der Waals surface area contributed by atoms with Crippen LogP contribution in [0.25, 0.3) is 22.2 Å². The SMILES string of the molecule is C=CCn1c(-c2ccc(N3CCCC3=O)cc2)c(C#N)c2ccc(OC)cc21. The van der Waals surface area contributed by atoms with Gasteiger partial charge in [-0.3, -0.25) is 4.79 Å². The number of nitrogens with zero attached hydrogens (tertiary/aromatic N) is 3. The molecule has 0 bridgehead atoms. The van der Waals surface area contributed by atoms with Crippen LogP contribution in [0.1, 0.15) is 18.4 Å². The van der Waals surface area contributed by atoms with Gasteiger partial charge in [0.05, 0.1) is 23.9 Å². The molecule has 4 rings (SSSR count). The lowest BCUT2D eigenvalue weighted by Gasteiger charge is -2.16. The summed E-state index contributed by atoms with van der Waals surface area (Å²) in [6, 6.07) is 16.0. The van der Waals surface area contributed by atoms with Crippen molar-refractivity contribution in [1.82, 2.24) is 4.57 Å². The second kappa shape index (κ2) is 7.24. The zero-order chi connectivity index (χ0) is 19.7. The van der Waals surface area contributed by atoms with E-state index < -0.39 is 0 Å². The van der Waals surface area contributed by atoms with Crippen molar-refractivity contribution < 1.29 is 9.53 Å². The fourth-order valence-corrected chi connectivity index (χ4v) is 3.91. The number of methoxy groups -OCH3 is 1. The minimum absolute atomic E-state index is 0.165. The average molecular weight is 371 g/mol. The van der Waals surface area contributed by atoms with Gasteiger partial charge in [0.2, 0.25) is 5.91 Å². The molecule has 1 aliphatic rings. The molecule has 0 N–H and O–H groups in total. The third kappa shape index (κ3) is 2.84. The molecule has 2 heterocycles. The smallest absolute Gasteiger partial charge is 0.227 e. The first-order valence-electron chi connectivity index (χ1n) is 9.30. The Bertz CT molecular complexity index is 1100. The molecule has 0 aliphatic carbocycles. The van der Waals surface area contributed by atoms with Crippen molar-refractivity contribution in [3.63, 3.8) is 0 Å². The molecular formula is C23H21N3O2. The topological polar surface area (TPSA) is 58.3 Å². The molecule has 28 heavy (non-hydrogen) atoms. The Morgan fingerprint density at radius 1 is 1.25 bits per heavy atom. The number of carbonyl (C=O) groups excluding carboxylic acids is 1. The number of hydrogen-bond acceptors (Lipinski definition) is 3. The normalized spacial score (nSPS) is 13.7. The highest BCUT2D eigenvalue weighted by Crippen LogP contribution is 2.36. The summed E-state index contributed by atoms with van der Waals surface area (Å²) in [5.41, 5.74) is 4.25. The minimum atomic E-state index is 0.165. The number of amides is 1. The van der Waals surface area contributed by atoms with Crippen molar-refractivity contribution in [1.29, 1.82) is 5.26 Å². The van der Waals surface area contributed by atoms with Crippen molar-refractivity contribution in [3.05, 3.63) is 60.7 Å². The van der Waals surface area contributed by atoms with Crippen molar-refractivity contribution in [3.8, 4) is 23.1 Å². The number of allylic oxidation sites excluding steroid dienone is 1. The predicted molar refractivity (Wildman–Crippen MR) is 110 cm³/mol. The molecule has 0 saturated carbocycles. The number of carbonyl (C=O) groups is 1. The summed E-state index contributed by atoms with van der Waals surface area (Å²) in [6.45, 7) is 5.21. The fourth-order valence-electron chi connectivity index (χ4n) is 3.91. The van der Waals surface area contributed by atoms with Crippen LogP contribution in [-0.4, -0.2) is 24.1 Å². The van der Waals surface area contributed by atoms with Gasteiger partial charge in [-0.05, 0) is 36.2 Å². The Kier molecular flexibility index (Phi) is 4.62. The molecule has 1 aromatic heterocycles. The molecule has 140 valence electrons. The summed E-state index contributed by atoms with van der Waals surface area (Å²) < 4.78 is 7.45. The van der Waals surface area contributed by atoms with Crippen molar-refractivity contribution in [2.45, 2.75) is 19.4 Å². The second-order valence-corrected chi connectivity index (χ2v) is 6.81. The van der Waals surface area contributed by atoms with E-state index in [1.807, 2.05) is 53.4 Å².